The van der Waals surface area contributed by atoms with Crippen molar-refractivity contribution in [3.63, 3.8) is 0 Å². The van der Waals surface area contributed by atoms with Crippen molar-refractivity contribution in [1.29, 1.82) is 0 Å². The number of hydrogen-bond acceptors (Lipinski definition) is 6. The van der Waals surface area contributed by atoms with Crippen molar-refractivity contribution in [3.8, 4) is 0 Å². The van der Waals surface area contributed by atoms with Gasteiger partial charge in [0.25, 0.3) is 0 Å². The molecule has 2 aromatic rings. The highest BCUT2D eigenvalue weighted by atomic mass is 16.5. The number of hydrogen-bond donors (Lipinski definition) is 1. The molecule has 0 radical (unpaired) electrons. The van der Waals surface area contributed by atoms with Gasteiger partial charge in [-0.3, -0.25) is 4.79 Å². The maximum absolute atomic E-state index is 12.9. The number of anilines is 3. The topological polar surface area (TPSA) is 70.6 Å². The zero-order chi connectivity index (χ0) is 20.1. The van der Waals surface area contributed by atoms with Gasteiger partial charge in [-0.25, -0.2) is 9.97 Å². The first-order valence-electron chi connectivity index (χ1n) is 9.73. The molecule has 0 unspecified atom stereocenters. The average molecular weight is 383 g/mol. The van der Waals surface area contributed by atoms with E-state index in [0.29, 0.717) is 13.2 Å². The first-order chi connectivity index (χ1) is 13.5. The molecule has 7 nitrogen and oxygen atoms in total. The fourth-order valence-electron chi connectivity index (χ4n) is 3.20. The van der Waals surface area contributed by atoms with Crippen molar-refractivity contribution in [1.82, 2.24) is 9.97 Å². The highest BCUT2D eigenvalue weighted by Crippen LogP contribution is 2.30. The van der Waals surface area contributed by atoms with E-state index in [1.54, 1.807) is 11.2 Å². The Labute approximate surface area is 166 Å². The molecular weight excluding hydrogens is 354 g/mol. The van der Waals surface area contributed by atoms with Gasteiger partial charge in [0, 0.05) is 25.9 Å². The third kappa shape index (κ3) is 4.78. The molecule has 0 atom stereocenters. The molecule has 1 amide bonds. The van der Waals surface area contributed by atoms with Crippen LogP contribution in [0.5, 0.6) is 0 Å². The number of ether oxygens (including phenoxy) is 1. The second-order valence-electron chi connectivity index (χ2n) is 7.40. The maximum Gasteiger partial charge on any atom is 0.246 e. The molecule has 0 saturated heterocycles. The molecule has 0 saturated carbocycles. The summed E-state index contributed by atoms with van der Waals surface area (Å²) >= 11 is 0. The van der Waals surface area contributed by atoms with E-state index in [9.17, 15) is 4.79 Å². The Bertz CT molecular complexity index is 807. The summed E-state index contributed by atoms with van der Waals surface area (Å²) in [5, 5.41) is 3.40. The third-order valence-electron chi connectivity index (χ3n) is 4.68. The predicted octanol–water partition coefficient (Wildman–Crippen LogP) is 3.00. The lowest BCUT2D eigenvalue weighted by atomic mass is 10.2. The van der Waals surface area contributed by atoms with Crippen LogP contribution in [0.4, 0.5) is 17.3 Å². The number of nitrogens with one attached hydrogen (secondary N) is 1. The quantitative estimate of drug-likeness (QED) is 0.741. The van der Waals surface area contributed by atoms with Crippen molar-refractivity contribution in [2.45, 2.75) is 39.8 Å². The van der Waals surface area contributed by atoms with E-state index in [-0.39, 0.29) is 18.6 Å². The van der Waals surface area contributed by atoms with E-state index >= 15 is 0 Å². The average Bonchev–Trinajstić information content (AvgIpc) is 2.79. The van der Waals surface area contributed by atoms with Crippen LogP contribution in [0.3, 0.4) is 0 Å². The Balaban J connectivity index is 1.81. The summed E-state index contributed by atoms with van der Waals surface area (Å²) in [5.41, 5.74) is 2.98. The number of benzene rings is 1. The lowest BCUT2D eigenvalue weighted by molar-refractivity contribution is -0.117. The van der Waals surface area contributed by atoms with Crippen molar-refractivity contribution < 1.29 is 9.53 Å². The molecule has 1 aliphatic heterocycles. The van der Waals surface area contributed by atoms with Crippen LogP contribution in [0.15, 0.2) is 30.6 Å². The third-order valence-corrected chi connectivity index (χ3v) is 4.68. The maximum atomic E-state index is 12.9. The highest BCUT2D eigenvalue weighted by Gasteiger charge is 2.27. The molecule has 150 valence electrons. The van der Waals surface area contributed by atoms with Gasteiger partial charge >= 0.3 is 0 Å². The number of amides is 1. The zero-order valence-electron chi connectivity index (χ0n) is 17.1. The van der Waals surface area contributed by atoms with Crippen molar-refractivity contribution in [2.75, 3.05) is 41.9 Å². The molecule has 28 heavy (non-hydrogen) atoms. The molecule has 2 heterocycles. The minimum absolute atomic E-state index is 0.0423. The van der Waals surface area contributed by atoms with E-state index in [2.05, 4.69) is 15.3 Å². The molecule has 0 spiro atoms. The van der Waals surface area contributed by atoms with Gasteiger partial charge in [-0.05, 0) is 39.3 Å². The van der Waals surface area contributed by atoms with E-state index < -0.39 is 0 Å². The highest BCUT2D eigenvalue weighted by molar-refractivity contribution is 5.97. The number of aromatic nitrogens is 2. The molecular formula is C21H29N5O2. The standard InChI is InChI=1S/C21H29N5O2/c1-15(2)28-11-5-10-22-20-18-12-26(17-8-6-16(3)7-9-17)19(27)13-25(4)21(18)24-14-23-20/h6-9,14-15H,5,10-13H2,1-4H3,(H,22,23,24). The number of aryl methyl sites for hydroxylation is 1. The summed E-state index contributed by atoms with van der Waals surface area (Å²) in [6.07, 6.45) is 2.67. The number of nitrogens with zero attached hydrogens (tertiary/aromatic N) is 4. The Hall–Kier alpha value is -2.67. The van der Waals surface area contributed by atoms with E-state index in [4.69, 9.17) is 4.74 Å². The summed E-state index contributed by atoms with van der Waals surface area (Å²) in [5.74, 6) is 1.60. The van der Waals surface area contributed by atoms with E-state index in [1.165, 1.54) is 0 Å². The number of fused-ring (bicyclic) bond motifs is 1. The van der Waals surface area contributed by atoms with Gasteiger partial charge in [-0.1, -0.05) is 17.7 Å². The molecule has 0 aliphatic carbocycles. The van der Waals surface area contributed by atoms with Crippen molar-refractivity contribution >= 4 is 23.2 Å². The smallest absolute Gasteiger partial charge is 0.246 e. The second kappa shape index (κ2) is 9.01. The number of carbonyl (C=O) groups excluding carboxylic acids is 1. The van der Waals surface area contributed by atoms with Crippen LogP contribution in [0.25, 0.3) is 0 Å². The fraction of sp³-hybridized carbons (Fsp3) is 0.476. The first-order valence-corrected chi connectivity index (χ1v) is 9.73. The van der Waals surface area contributed by atoms with E-state index in [0.717, 1.165) is 41.4 Å². The first kappa shape index (κ1) is 20.1. The van der Waals surface area contributed by atoms with Crippen LogP contribution < -0.4 is 15.1 Å². The van der Waals surface area contributed by atoms with Crippen LogP contribution >= 0.6 is 0 Å². The predicted molar refractivity (Wildman–Crippen MR) is 112 cm³/mol. The molecule has 1 aliphatic rings. The lowest BCUT2D eigenvalue weighted by Crippen LogP contribution is -2.35. The SMILES string of the molecule is Cc1ccc(N2Cc3c(NCCCOC(C)C)ncnc3N(C)CC2=O)cc1. The van der Waals surface area contributed by atoms with Crippen molar-refractivity contribution in [2.24, 2.45) is 0 Å². The number of likely N-dealkylation sites (N-methyl/N-ethyl adjacent to an activating group) is 1. The second-order valence-corrected chi connectivity index (χ2v) is 7.40. The summed E-state index contributed by atoms with van der Waals surface area (Å²) in [6, 6.07) is 8.01. The molecule has 1 aromatic carbocycles. The molecule has 1 aromatic heterocycles. The van der Waals surface area contributed by atoms with E-state index in [1.807, 2.05) is 57.0 Å². The van der Waals surface area contributed by atoms with Crippen LogP contribution in [0.1, 0.15) is 31.4 Å². The van der Waals surface area contributed by atoms with Gasteiger partial charge in [0.1, 0.15) is 18.0 Å². The van der Waals surface area contributed by atoms with Crippen molar-refractivity contribution in [3.05, 3.63) is 41.7 Å². The van der Waals surface area contributed by atoms with Gasteiger partial charge in [0.05, 0.1) is 24.8 Å². The summed E-state index contributed by atoms with van der Waals surface area (Å²) in [4.78, 5) is 25.4. The van der Waals surface area contributed by atoms with Gasteiger partial charge < -0.3 is 19.9 Å². The Kier molecular flexibility index (Phi) is 6.46. The number of rotatable bonds is 7. The molecule has 7 heteroatoms. The summed E-state index contributed by atoms with van der Waals surface area (Å²) in [6.45, 7) is 8.27. The summed E-state index contributed by atoms with van der Waals surface area (Å²) in [7, 11) is 1.89. The minimum Gasteiger partial charge on any atom is -0.379 e. The molecule has 1 N–H and O–H groups in total. The number of carbonyl (C=O) groups is 1. The largest absolute Gasteiger partial charge is 0.379 e. The van der Waals surface area contributed by atoms with Crippen LogP contribution in [0, 0.1) is 6.92 Å². The monoisotopic (exact) mass is 383 g/mol. The van der Waals surface area contributed by atoms with Gasteiger partial charge in [0.15, 0.2) is 0 Å². The minimum atomic E-state index is 0.0423. The Morgan fingerprint density at radius 3 is 2.64 bits per heavy atom. The van der Waals surface area contributed by atoms with Gasteiger partial charge in [0.2, 0.25) is 5.91 Å². The van der Waals surface area contributed by atoms with Crippen LogP contribution in [-0.4, -0.2) is 48.7 Å². The zero-order valence-corrected chi connectivity index (χ0v) is 17.1. The molecule has 0 fully saturated rings. The Morgan fingerprint density at radius 1 is 1.18 bits per heavy atom. The normalized spacial score (nSPS) is 14.2. The van der Waals surface area contributed by atoms with Crippen LogP contribution in [-0.2, 0) is 16.1 Å². The fourth-order valence-corrected chi connectivity index (χ4v) is 3.20. The van der Waals surface area contributed by atoms with Gasteiger partial charge in [-0.15, -0.1) is 0 Å². The van der Waals surface area contributed by atoms with Crippen LogP contribution in [0.2, 0.25) is 0 Å². The summed E-state index contributed by atoms with van der Waals surface area (Å²) < 4.78 is 5.59. The molecule has 0 bridgehead atoms. The van der Waals surface area contributed by atoms with Gasteiger partial charge in [-0.2, -0.15) is 0 Å². The Morgan fingerprint density at radius 2 is 1.93 bits per heavy atom. The molecule has 3 rings (SSSR count). The lowest BCUT2D eigenvalue weighted by Gasteiger charge is -2.21.